The highest BCUT2D eigenvalue weighted by Gasteiger charge is 2.36. The zero-order valence-electron chi connectivity index (χ0n) is 18.4. The van der Waals surface area contributed by atoms with E-state index in [2.05, 4.69) is 15.4 Å². The molecule has 32 heavy (non-hydrogen) atoms. The number of rotatable bonds is 5. The highest BCUT2D eigenvalue weighted by Crippen LogP contribution is 2.40. The lowest BCUT2D eigenvalue weighted by Gasteiger charge is -2.39. The predicted octanol–water partition coefficient (Wildman–Crippen LogP) is 2.96. The van der Waals surface area contributed by atoms with Crippen LogP contribution in [-0.4, -0.2) is 57.1 Å². The summed E-state index contributed by atoms with van der Waals surface area (Å²) in [4.78, 5) is 25.9. The molecule has 1 aromatic carbocycles. The topological polar surface area (TPSA) is 111 Å². The van der Waals surface area contributed by atoms with Crippen LogP contribution in [0.1, 0.15) is 45.2 Å². The van der Waals surface area contributed by atoms with Gasteiger partial charge in [-0.3, -0.25) is 4.79 Å². The quantitative estimate of drug-likeness (QED) is 0.493. The molecule has 2 heterocycles. The highest BCUT2D eigenvalue weighted by atomic mass is 35.5. The molecule has 0 aliphatic carbocycles. The summed E-state index contributed by atoms with van der Waals surface area (Å²) in [5, 5.41) is 16.5. The molecule has 8 nitrogen and oxygen atoms in total. The number of urea groups is 1. The van der Waals surface area contributed by atoms with Gasteiger partial charge in [0, 0.05) is 37.8 Å². The number of halogens is 2. The molecule has 2 aliphatic heterocycles. The number of phenols is 1. The maximum absolute atomic E-state index is 12.9. The Labute approximate surface area is 201 Å². The Hall–Kier alpha value is -1.55. The van der Waals surface area contributed by atoms with Gasteiger partial charge < -0.3 is 20.6 Å². The highest BCUT2D eigenvalue weighted by molar-refractivity contribution is 7.84. The summed E-state index contributed by atoms with van der Waals surface area (Å²) < 4.78 is 15.6. The Kier molecular flexibility index (Phi) is 7.96. The van der Waals surface area contributed by atoms with Gasteiger partial charge in [-0.1, -0.05) is 23.2 Å². The van der Waals surface area contributed by atoms with Crippen LogP contribution in [0.25, 0.3) is 0 Å². The van der Waals surface area contributed by atoms with Crippen molar-refractivity contribution in [3.63, 3.8) is 0 Å². The Bertz CT molecular complexity index is 891. The SMILES string of the molecule is CC(C)(C)S(=O)NC(c1cc(Cl)c(Cl)cc1O)C1CCN(C(=O)C2CNC(=O)NC2)CC1. The first-order valence-electron chi connectivity index (χ1n) is 10.6. The maximum atomic E-state index is 12.9. The van der Waals surface area contributed by atoms with Crippen LogP contribution in [0.5, 0.6) is 5.75 Å². The first kappa shape index (κ1) is 25.1. The lowest BCUT2D eigenvalue weighted by molar-refractivity contribution is -0.136. The third-order valence-corrected chi connectivity index (χ3v) is 8.19. The van der Waals surface area contributed by atoms with Crippen molar-refractivity contribution in [2.45, 2.75) is 44.4 Å². The fourth-order valence-electron chi connectivity index (χ4n) is 3.96. The van der Waals surface area contributed by atoms with Crippen molar-refractivity contribution in [3.05, 3.63) is 27.7 Å². The molecule has 0 radical (unpaired) electrons. The van der Waals surface area contributed by atoms with Gasteiger partial charge in [0.1, 0.15) is 5.75 Å². The second-order valence-corrected chi connectivity index (χ2v) is 12.1. The summed E-state index contributed by atoms with van der Waals surface area (Å²) in [6, 6.07) is 2.34. The van der Waals surface area contributed by atoms with Crippen LogP contribution < -0.4 is 15.4 Å². The van der Waals surface area contributed by atoms with Gasteiger partial charge >= 0.3 is 6.03 Å². The van der Waals surface area contributed by atoms with Crippen LogP contribution in [0.4, 0.5) is 4.79 Å². The fraction of sp³-hybridized carbons (Fsp3) is 0.619. The summed E-state index contributed by atoms with van der Waals surface area (Å²) >= 11 is 12.3. The molecule has 2 unspecified atom stereocenters. The second-order valence-electron chi connectivity index (χ2n) is 9.25. The number of piperidine rings is 1. The average Bonchev–Trinajstić information content (AvgIpc) is 2.74. The molecule has 0 aromatic heterocycles. The monoisotopic (exact) mass is 504 g/mol. The van der Waals surface area contributed by atoms with E-state index in [1.165, 1.54) is 6.07 Å². The molecule has 2 atom stereocenters. The first-order valence-corrected chi connectivity index (χ1v) is 12.5. The van der Waals surface area contributed by atoms with Gasteiger partial charge in [-0.15, -0.1) is 0 Å². The van der Waals surface area contributed by atoms with E-state index in [1.54, 1.807) is 6.07 Å². The van der Waals surface area contributed by atoms with Crippen LogP contribution in [0.3, 0.4) is 0 Å². The molecule has 4 N–H and O–H groups in total. The van der Waals surface area contributed by atoms with Crippen molar-refractivity contribution < 1.29 is 18.9 Å². The van der Waals surface area contributed by atoms with Gasteiger partial charge in [0.2, 0.25) is 5.91 Å². The molecule has 3 rings (SSSR count). The lowest BCUT2D eigenvalue weighted by atomic mass is 9.85. The van der Waals surface area contributed by atoms with Crippen molar-refractivity contribution in [1.29, 1.82) is 0 Å². The molecule has 1 aromatic rings. The molecule has 3 amide bonds. The van der Waals surface area contributed by atoms with E-state index >= 15 is 0 Å². The standard InChI is InChI=1S/C21H30Cl2N4O4S/c1-21(2,3)32(31)26-18(14-8-15(22)16(23)9-17(14)28)12-4-6-27(7-5-12)19(29)13-10-24-20(30)25-11-13/h8-9,12-13,18,26,28H,4-7,10-11H2,1-3H3,(H2,24,25,30). The van der Waals surface area contributed by atoms with Crippen LogP contribution in [0.15, 0.2) is 12.1 Å². The molecule has 0 bridgehead atoms. The maximum Gasteiger partial charge on any atom is 0.314 e. The van der Waals surface area contributed by atoms with Gasteiger partial charge in [-0.05, 0) is 45.6 Å². The molecule has 2 aliphatic rings. The van der Waals surface area contributed by atoms with E-state index in [9.17, 15) is 18.9 Å². The zero-order valence-corrected chi connectivity index (χ0v) is 20.7. The van der Waals surface area contributed by atoms with E-state index in [-0.39, 0.29) is 34.5 Å². The molecule has 2 fully saturated rings. The third-order valence-electron chi connectivity index (χ3n) is 5.88. The molecule has 2 saturated heterocycles. The molecule has 0 saturated carbocycles. The fourth-order valence-corrected chi connectivity index (χ4v) is 5.19. The van der Waals surface area contributed by atoms with Crippen molar-refractivity contribution in [2.75, 3.05) is 26.2 Å². The van der Waals surface area contributed by atoms with Gasteiger partial charge in [-0.25, -0.2) is 13.7 Å². The first-order chi connectivity index (χ1) is 15.0. The van der Waals surface area contributed by atoms with Crippen LogP contribution >= 0.6 is 23.2 Å². The molecule has 11 heteroatoms. The van der Waals surface area contributed by atoms with E-state index < -0.39 is 21.8 Å². The normalized spacial score (nSPS) is 20.4. The molecule has 0 spiro atoms. The Morgan fingerprint density at radius 2 is 1.75 bits per heavy atom. The van der Waals surface area contributed by atoms with Crippen LogP contribution in [0, 0.1) is 11.8 Å². The van der Waals surface area contributed by atoms with Gasteiger partial charge in [0.05, 0.1) is 37.7 Å². The number of hydrogen-bond donors (Lipinski definition) is 4. The summed E-state index contributed by atoms with van der Waals surface area (Å²) in [5.41, 5.74) is 0.543. The molecule has 178 valence electrons. The van der Waals surface area contributed by atoms with Crippen molar-refractivity contribution >= 4 is 46.1 Å². The number of likely N-dealkylation sites (tertiary alicyclic amines) is 1. The predicted molar refractivity (Wildman–Crippen MR) is 126 cm³/mol. The van der Waals surface area contributed by atoms with Gasteiger partial charge in [-0.2, -0.15) is 0 Å². The van der Waals surface area contributed by atoms with Gasteiger partial charge in [0.15, 0.2) is 0 Å². The van der Waals surface area contributed by atoms with Crippen molar-refractivity contribution in [2.24, 2.45) is 11.8 Å². The van der Waals surface area contributed by atoms with Crippen LogP contribution in [0.2, 0.25) is 10.0 Å². The molecular formula is C21H30Cl2N4O4S. The summed E-state index contributed by atoms with van der Waals surface area (Å²) in [6.45, 7) is 7.36. The Balaban J connectivity index is 1.75. The second kappa shape index (κ2) is 10.2. The number of phenolic OH excluding ortho intramolecular Hbond substituents is 1. The lowest BCUT2D eigenvalue weighted by Crippen LogP contribution is -2.54. The zero-order chi connectivity index (χ0) is 23.6. The Morgan fingerprint density at radius 3 is 2.31 bits per heavy atom. The minimum Gasteiger partial charge on any atom is -0.508 e. The number of benzene rings is 1. The van der Waals surface area contributed by atoms with E-state index in [1.807, 2.05) is 25.7 Å². The number of nitrogens with one attached hydrogen (secondary N) is 3. The number of amides is 3. The smallest absolute Gasteiger partial charge is 0.314 e. The minimum atomic E-state index is -1.38. The Morgan fingerprint density at radius 1 is 1.19 bits per heavy atom. The van der Waals surface area contributed by atoms with Crippen molar-refractivity contribution in [3.8, 4) is 5.75 Å². The number of carbonyl (C=O) groups is 2. The average molecular weight is 505 g/mol. The van der Waals surface area contributed by atoms with Crippen molar-refractivity contribution in [1.82, 2.24) is 20.3 Å². The van der Waals surface area contributed by atoms with E-state index in [0.717, 1.165) is 0 Å². The number of carbonyl (C=O) groups excluding carboxylic acids is 2. The summed E-state index contributed by atoms with van der Waals surface area (Å²) in [7, 11) is -1.38. The number of nitrogens with zero attached hydrogens (tertiary/aromatic N) is 1. The number of aromatic hydroxyl groups is 1. The van der Waals surface area contributed by atoms with Gasteiger partial charge in [0.25, 0.3) is 0 Å². The molecular weight excluding hydrogens is 475 g/mol. The summed E-state index contributed by atoms with van der Waals surface area (Å²) in [5.74, 6) is -0.259. The van der Waals surface area contributed by atoms with E-state index in [0.29, 0.717) is 49.6 Å². The van der Waals surface area contributed by atoms with Crippen LogP contribution in [-0.2, 0) is 15.8 Å². The number of hydrogen-bond acceptors (Lipinski definition) is 4. The minimum absolute atomic E-state index is 0.00895. The summed E-state index contributed by atoms with van der Waals surface area (Å²) in [6.07, 6.45) is 1.33. The largest absolute Gasteiger partial charge is 0.508 e. The third kappa shape index (κ3) is 5.87. The van der Waals surface area contributed by atoms with E-state index in [4.69, 9.17) is 23.2 Å².